The minimum Gasteiger partial charge on any atom is -0.369 e. The lowest BCUT2D eigenvalue weighted by Crippen LogP contribution is -2.46. The van der Waals surface area contributed by atoms with Gasteiger partial charge in [-0.1, -0.05) is 49.4 Å². The van der Waals surface area contributed by atoms with Crippen LogP contribution in [0.1, 0.15) is 45.4 Å². The number of piperazine rings is 1. The SMILES string of the molecule is CCN1CCN(c2ccc(Cl)c(Cl)c2)CC1.N#CCC(=O)NC1CCCCC1. The van der Waals surface area contributed by atoms with Crippen LogP contribution >= 0.6 is 23.2 Å². The second kappa shape index (κ2) is 12.2. The number of hydrogen-bond donors (Lipinski definition) is 1. The molecule has 2 aliphatic rings. The van der Waals surface area contributed by atoms with Crippen LogP contribution in [-0.4, -0.2) is 49.6 Å². The van der Waals surface area contributed by atoms with Crippen molar-refractivity contribution < 1.29 is 4.79 Å². The molecule has 1 saturated heterocycles. The number of carbonyl (C=O) groups excluding carboxylic acids is 1. The van der Waals surface area contributed by atoms with E-state index >= 15 is 0 Å². The number of likely N-dealkylation sites (N-methyl/N-ethyl adjacent to an activating group) is 1. The zero-order valence-corrected chi connectivity index (χ0v) is 18.1. The molecular formula is C21H30Cl2N4O. The van der Waals surface area contributed by atoms with Crippen LogP contribution in [0.15, 0.2) is 18.2 Å². The molecule has 1 aromatic rings. The largest absolute Gasteiger partial charge is 0.369 e. The average molecular weight is 425 g/mol. The number of benzene rings is 1. The van der Waals surface area contributed by atoms with Crippen LogP contribution in [-0.2, 0) is 4.79 Å². The molecule has 0 atom stereocenters. The highest BCUT2D eigenvalue weighted by Crippen LogP contribution is 2.27. The van der Waals surface area contributed by atoms with Crippen molar-refractivity contribution in [2.24, 2.45) is 0 Å². The number of nitriles is 1. The summed E-state index contributed by atoms with van der Waals surface area (Å²) in [7, 11) is 0. The van der Waals surface area contributed by atoms with Crippen molar-refractivity contribution in [3.63, 3.8) is 0 Å². The molecule has 5 nitrogen and oxygen atoms in total. The molecule has 1 saturated carbocycles. The Morgan fingerprint density at radius 1 is 1.14 bits per heavy atom. The first kappa shape index (κ1) is 22.8. The van der Waals surface area contributed by atoms with Gasteiger partial charge in [-0.05, 0) is 37.6 Å². The lowest BCUT2D eigenvalue weighted by molar-refractivity contribution is -0.121. The predicted molar refractivity (Wildman–Crippen MR) is 116 cm³/mol. The predicted octanol–water partition coefficient (Wildman–Crippen LogP) is 4.48. The molecule has 0 spiro atoms. The fourth-order valence-electron chi connectivity index (χ4n) is 3.60. The second-order valence-electron chi connectivity index (χ2n) is 7.26. The van der Waals surface area contributed by atoms with Crippen molar-refractivity contribution in [3.05, 3.63) is 28.2 Å². The van der Waals surface area contributed by atoms with E-state index in [2.05, 4.69) is 22.0 Å². The molecule has 28 heavy (non-hydrogen) atoms. The number of anilines is 1. The highest BCUT2D eigenvalue weighted by atomic mass is 35.5. The van der Waals surface area contributed by atoms with Crippen molar-refractivity contribution in [1.82, 2.24) is 10.2 Å². The summed E-state index contributed by atoms with van der Waals surface area (Å²) in [6, 6.07) is 8.03. The molecule has 0 radical (unpaired) electrons. The summed E-state index contributed by atoms with van der Waals surface area (Å²) in [5, 5.41) is 12.4. The number of carbonyl (C=O) groups is 1. The summed E-state index contributed by atoms with van der Waals surface area (Å²) in [4.78, 5) is 15.8. The fourth-order valence-corrected chi connectivity index (χ4v) is 3.89. The second-order valence-corrected chi connectivity index (χ2v) is 8.07. The van der Waals surface area contributed by atoms with E-state index in [-0.39, 0.29) is 12.3 Å². The van der Waals surface area contributed by atoms with Crippen molar-refractivity contribution >= 4 is 34.8 Å². The van der Waals surface area contributed by atoms with Gasteiger partial charge in [0.15, 0.2) is 0 Å². The lowest BCUT2D eigenvalue weighted by Gasteiger charge is -2.35. The average Bonchev–Trinajstić information content (AvgIpc) is 2.71. The van der Waals surface area contributed by atoms with Crippen LogP contribution in [0.4, 0.5) is 5.69 Å². The Labute approximate surface area is 178 Å². The third-order valence-corrected chi connectivity index (χ3v) is 6.04. The molecule has 7 heteroatoms. The topological polar surface area (TPSA) is 59.4 Å². The van der Waals surface area contributed by atoms with E-state index in [1.54, 1.807) is 0 Å². The molecule has 154 valence electrons. The van der Waals surface area contributed by atoms with Crippen LogP contribution in [0.25, 0.3) is 0 Å². The van der Waals surface area contributed by atoms with Gasteiger partial charge >= 0.3 is 0 Å². The fraction of sp³-hybridized carbons (Fsp3) is 0.619. The molecule has 0 aromatic heterocycles. The smallest absolute Gasteiger partial charge is 0.234 e. The summed E-state index contributed by atoms with van der Waals surface area (Å²) in [6.07, 6.45) is 5.85. The molecule has 1 N–H and O–H groups in total. The molecule has 1 aliphatic heterocycles. The van der Waals surface area contributed by atoms with E-state index in [4.69, 9.17) is 28.5 Å². The maximum atomic E-state index is 11.0. The zero-order chi connectivity index (χ0) is 20.4. The van der Waals surface area contributed by atoms with Crippen molar-refractivity contribution in [3.8, 4) is 6.07 Å². The van der Waals surface area contributed by atoms with Gasteiger partial charge in [0.2, 0.25) is 5.91 Å². The van der Waals surface area contributed by atoms with Gasteiger partial charge in [0.05, 0.1) is 16.1 Å². The number of nitrogens with zero attached hydrogens (tertiary/aromatic N) is 3. The first-order valence-corrected chi connectivity index (χ1v) is 10.9. The molecule has 1 amide bonds. The summed E-state index contributed by atoms with van der Waals surface area (Å²) in [5.41, 5.74) is 1.17. The number of amides is 1. The van der Waals surface area contributed by atoms with Crippen LogP contribution in [0.5, 0.6) is 0 Å². The Kier molecular flexibility index (Phi) is 9.91. The van der Waals surface area contributed by atoms with Crippen LogP contribution in [0, 0.1) is 11.3 Å². The molecule has 2 fully saturated rings. The summed E-state index contributed by atoms with van der Waals surface area (Å²) in [5.74, 6) is -0.121. The lowest BCUT2D eigenvalue weighted by atomic mass is 9.95. The Hall–Kier alpha value is -1.48. The Balaban J connectivity index is 0.000000209. The van der Waals surface area contributed by atoms with Gasteiger partial charge < -0.3 is 15.1 Å². The Morgan fingerprint density at radius 2 is 1.82 bits per heavy atom. The molecule has 1 heterocycles. The van der Waals surface area contributed by atoms with E-state index in [9.17, 15) is 4.79 Å². The molecule has 0 bridgehead atoms. The van der Waals surface area contributed by atoms with E-state index in [0.717, 1.165) is 45.6 Å². The van der Waals surface area contributed by atoms with Gasteiger partial charge in [-0.15, -0.1) is 0 Å². The zero-order valence-electron chi connectivity index (χ0n) is 16.6. The first-order valence-electron chi connectivity index (χ1n) is 10.1. The number of hydrogen-bond acceptors (Lipinski definition) is 4. The maximum absolute atomic E-state index is 11.0. The Morgan fingerprint density at radius 3 is 2.39 bits per heavy atom. The van der Waals surface area contributed by atoms with E-state index in [1.807, 2.05) is 24.3 Å². The summed E-state index contributed by atoms with van der Waals surface area (Å²) >= 11 is 11.9. The van der Waals surface area contributed by atoms with E-state index < -0.39 is 0 Å². The summed E-state index contributed by atoms with van der Waals surface area (Å²) < 4.78 is 0. The van der Waals surface area contributed by atoms with E-state index in [0.29, 0.717) is 16.1 Å². The third-order valence-electron chi connectivity index (χ3n) is 5.30. The van der Waals surface area contributed by atoms with Crippen molar-refractivity contribution in [1.29, 1.82) is 5.26 Å². The first-order chi connectivity index (χ1) is 13.5. The molecule has 1 aromatic carbocycles. The Bertz CT molecular complexity index is 663. The standard InChI is InChI=1S/C12H16Cl2N2.C9H14N2O/c1-2-15-5-7-16(8-6-15)10-3-4-11(13)12(14)9-10;10-7-6-9(12)11-8-4-2-1-3-5-8/h3-4,9H,2,5-8H2,1H3;8H,1-6H2,(H,11,12). The minimum atomic E-state index is -0.121. The van der Waals surface area contributed by atoms with Crippen LogP contribution < -0.4 is 10.2 Å². The quantitative estimate of drug-likeness (QED) is 0.773. The number of halogens is 2. The monoisotopic (exact) mass is 424 g/mol. The van der Waals surface area contributed by atoms with Crippen molar-refractivity contribution in [2.45, 2.75) is 51.5 Å². The van der Waals surface area contributed by atoms with Crippen LogP contribution in [0.3, 0.4) is 0 Å². The highest BCUT2D eigenvalue weighted by Gasteiger charge is 2.16. The normalized spacial score (nSPS) is 18.0. The molecule has 0 unspecified atom stereocenters. The minimum absolute atomic E-state index is 0.00347. The molecule has 3 rings (SSSR count). The molecular weight excluding hydrogens is 395 g/mol. The summed E-state index contributed by atoms with van der Waals surface area (Å²) in [6.45, 7) is 7.70. The number of rotatable bonds is 4. The van der Waals surface area contributed by atoms with Gasteiger partial charge in [0, 0.05) is 37.9 Å². The van der Waals surface area contributed by atoms with Gasteiger partial charge in [0.1, 0.15) is 6.42 Å². The maximum Gasteiger partial charge on any atom is 0.234 e. The van der Waals surface area contributed by atoms with Gasteiger partial charge in [-0.2, -0.15) is 5.26 Å². The van der Waals surface area contributed by atoms with Gasteiger partial charge in [0.25, 0.3) is 0 Å². The number of nitrogens with one attached hydrogen (secondary N) is 1. The van der Waals surface area contributed by atoms with Crippen LogP contribution in [0.2, 0.25) is 10.0 Å². The van der Waals surface area contributed by atoms with Gasteiger partial charge in [-0.25, -0.2) is 0 Å². The highest BCUT2D eigenvalue weighted by molar-refractivity contribution is 6.42. The van der Waals surface area contributed by atoms with Crippen molar-refractivity contribution in [2.75, 3.05) is 37.6 Å². The van der Waals surface area contributed by atoms with Gasteiger partial charge in [-0.3, -0.25) is 4.79 Å². The molecule has 1 aliphatic carbocycles. The third kappa shape index (κ3) is 7.50. The van der Waals surface area contributed by atoms with E-state index in [1.165, 1.54) is 24.9 Å².